The molecule has 100 valence electrons. The number of nitrogens with zero attached hydrogens (tertiary/aromatic N) is 2. The highest BCUT2D eigenvalue weighted by Crippen LogP contribution is 2.32. The smallest absolute Gasteiger partial charge is 0.161 e. The van der Waals surface area contributed by atoms with Gasteiger partial charge in [-0.15, -0.1) is 0 Å². The van der Waals surface area contributed by atoms with Crippen LogP contribution in [0, 0.1) is 23.1 Å². The zero-order chi connectivity index (χ0) is 13.4. The van der Waals surface area contributed by atoms with E-state index in [2.05, 4.69) is 26.1 Å². The Morgan fingerprint density at radius 2 is 2.11 bits per heavy atom. The summed E-state index contributed by atoms with van der Waals surface area (Å²) in [4.78, 5) is 2.42. The molecule has 0 radical (unpaired) electrons. The van der Waals surface area contributed by atoms with Crippen LogP contribution in [0.1, 0.15) is 18.4 Å². The van der Waals surface area contributed by atoms with Crippen molar-refractivity contribution in [1.82, 2.24) is 4.90 Å². The van der Waals surface area contributed by atoms with Crippen LogP contribution in [0.25, 0.3) is 0 Å². The molecule has 2 bridgehead atoms. The third-order valence-electron chi connectivity index (χ3n) is 4.20. The minimum absolute atomic E-state index is 0.251. The molecule has 3 aliphatic heterocycles. The van der Waals surface area contributed by atoms with E-state index in [0.717, 1.165) is 6.54 Å². The molecule has 19 heavy (non-hydrogen) atoms. The number of hydrogen-bond acceptors (Lipinski definition) is 3. The van der Waals surface area contributed by atoms with Gasteiger partial charge >= 0.3 is 0 Å². The van der Waals surface area contributed by atoms with Crippen LogP contribution in [-0.2, 0) is 0 Å². The average molecular weight is 324 g/mol. The predicted octanol–water partition coefficient (Wildman–Crippen LogP) is 2.97. The van der Waals surface area contributed by atoms with Crippen LogP contribution in [0.15, 0.2) is 16.6 Å². The van der Waals surface area contributed by atoms with Crippen LogP contribution in [0.5, 0.6) is 0 Å². The maximum absolute atomic E-state index is 14.2. The summed E-state index contributed by atoms with van der Waals surface area (Å²) in [5.41, 5.74) is 0.821. The summed E-state index contributed by atoms with van der Waals surface area (Å²) >= 11 is 3.15. The van der Waals surface area contributed by atoms with E-state index < -0.39 is 0 Å². The van der Waals surface area contributed by atoms with E-state index in [1.54, 1.807) is 12.1 Å². The van der Waals surface area contributed by atoms with Gasteiger partial charge in [-0.3, -0.25) is 0 Å². The largest absolute Gasteiger partial charge is 0.378 e. The lowest BCUT2D eigenvalue weighted by Gasteiger charge is -2.45. The van der Waals surface area contributed by atoms with Gasteiger partial charge in [0.25, 0.3) is 0 Å². The summed E-state index contributed by atoms with van der Waals surface area (Å²) in [7, 11) is 0. The minimum atomic E-state index is -0.365. The molecule has 3 saturated heterocycles. The molecule has 5 heteroatoms. The first kappa shape index (κ1) is 12.9. The lowest BCUT2D eigenvalue weighted by atomic mass is 9.84. The molecule has 1 unspecified atom stereocenters. The molecular weight excluding hydrogens is 309 g/mol. The van der Waals surface area contributed by atoms with Crippen molar-refractivity contribution in [3.8, 4) is 6.07 Å². The second-order valence-corrected chi connectivity index (χ2v) is 6.08. The highest BCUT2D eigenvalue weighted by Gasteiger charge is 2.34. The van der Waals surface area contributed by atoms with Crippen molar-refractivity contribution >= 4 is 21.6 Å². The fourth-order valence-corrected chi connectivity index (χ4v) is 3.51. The SMILES string of the molecule is N#Cc1ccc(NC2CN3CCC2CC3)c(F)c1Br. The Balaban J connectivity index is 1.81. The topological polar surface area (TPSA) is 39.1 Å². The summed E-state index contributed by atoms with van der Waals surface area (Å²) in [5, 5.41) is 12.2. The van der Waals surface area contributed by atoms with Crippen molar-refractivity contribution in [2.45, 2.75) is 18.9 Å². The van der Waals surface area contributed by atoms with Crippen LogP contribution in [0.4, 0.5) is 10.1 Å². The second kappa shape index (κ2) is 5.10. The van der Waals surface area contributed by atoms with Gasteiger partial charge in [-0.25, -0.2) is 4.39 Å². The van der Waals surface area contributed by atoms with E-state index in [1.165, 1.54) is 25.9 Å². The van der Waals surface area contributed by atoms with Crippen LogP contribution < -0.4 is 5.32 Å². The zero-order valence-corrected chi connectivity index (χ0v) is 12.1. The van der Waals surface area contributed by atoms with Gasteiger partial charge in [0.1, 0.15) is 6.07 Å². The Morgan fingerprint density at radius 1 is 1.37 bits per heavy atom. The van der Waals surface area contributed by atoms with Crippen molar-refractivity contribution < 1.29 is 4.39 Å². The molecule has 4 rings (SSSR count). The Hall–Kier alpha value is -1.12. The van der Waals surface area contributed by atoms with Crippen LogP contribution >= 0.6 is 15.9 Å². The van der Waals surface area contributed by atoms with Gasteiger partial charge in [0, 0.05) is 12.6 Å². The van der Waals surface area contributed by atoms with Crippen LogP contribution in [0.2, 0.25) is 0 Å². The molecule has 3 aliphatic rings. The molecular formula is C14H15BrFN3. The number of halogens is 2. The molecule has 0 saturated carbocycles. The number of benzene rings is 1. The maximum atomic E-state index is 14.2. The highest BCUT2D eigenvalue weighted by molar-refractivity contribution is 9.10. The molecule has 0 aliphatic carbocycles. The van der Waals surface area contributed by atoms with Gasteiger partial charge in [0.15, 0.2) is 5.82 Å². The predicted molar refractivity (Wildman–Crippen MR) is 75.4 cm³/mol. The van der Waals surface area contributed by atoms with Crippen LogP contribution in [-0.4, -0.2) is 30.6 Å². The number of piperidine rings is 3. The lowest BCUT2D eigenvalue weighted by Crippen LogP contribution is -2.53. The third-order valence-corrected chi connectivity index (χ3v) is 4.98. The number of nitriles is 1. The van der Waals surface area contributed by atoms with Crippen molar-refractivity contribution in [2.24, 2.45) is 5.92 Å². The van der Waals surface area contributed by atoms with E-state index in [1.807, 2.05) is 6.07 Å². The van der Waals surface area contributed by atoms with Gasteiger partial charge in [0.05, 0.1) is 15.7 Å². The summed E-state index contributed by atoms with van der Waals surface area (Å²) in [6.07, 6.45) is 2.38. The molecule has 1 aromatic carbocycles. The first-order valence-corrected chi connectivity index (χ1v) is 7.35. The van der Waals surface area contributed by atoms with Crippen molar-refractivity contribution in [3.63, 3.8) is 0 Å². The Bertz CT molecular complexity index is 532. The van der Waals surface area contributed by atoms with E-state index >= 15 is 0 Å². The summed E-state index contributed by atoms with van der Waals surface area (Å²) in [6.45, 7) is 3.33. The fourth-order valence-electron chi connectivity index (χ4n) is 3.08. The lowest BCUT2D eigenvalue weighted by molar-refractivity contribution is 0.0974. The molecule has 1 aromatic rings. The monoisotopic (exact) mass is 323 g/mol. The zero-order valence-electron chi connectivity index (χ0n) is 10.5. The standard InChI is InChI=1S/C14H15BrFN3/c15-13-10(7-17)1-2-11(14(13)16)18-12-8-19-5-3-9(12)4-6-19/h1-2,9,12,18H,3-6,8H2. The van der Waals surface area contributed by atoms with Gasteiger partial charge in [-0.1, -0.05) is 0 Å². The molecule has 3 fully saturated rings. The molecule has 1 atom stereocenters. The highest BCUT2D eigenvalue weighted by atomic mass is 79.9. The fraction of sp³-hybridized carbons (Fsp3) is 0.500. The minimum Gasteiger partial charge on any atom is -0.378 e. The Morgan fingerprint density at radius 3 is 2.68 bits per heavy atom. The van der Waals surface area contributed by atoms with E-state index in [9.17, 15) is 4.39 Å². The number of hydrogen-bond donors (Lipinski definition) is 1. The second-order valence-electron chi connectivity index (χ2n) is 5.29. The van der Waals surface area contributed by atoms with E-state index in [4.69, 9.17) is 5.26 Å². The Labute approximate surface area is 120 Å². The van der Waals surface area contributed by atoms with E-state index in [-0.39, 0.29) is 10.3 Å². The summed E-state index contributed by atoms with van der Waals surface area (Å²) in [6, 6.07) is 5.60. The first-order valence-electron chi connectivity index (χ1n) is 6.56. The molecule has 0 spiro atoms. The van der Waals surface area contributed by atoms with Crippen molar-refractivity contribution in [2.75, 3.05) is 25.0 Å². The van der Waals surface area contributed by atoms with Crippen LogP contribution in [0.3, 0.4) is 0 Å². The van der Waals surface area contributed by atoms with Gasteiger partial charge in [-0.2, -0.15) is 5.26 Å². The van der Waals surface area contributed by atoms with Gasteiger partial charge in [-0.05, 0) is 59.9 Å². The molecule has 0 aromatic heterocycles. The number of fused-ring (bicyclic) bond motifs is 3. The average Bonchev–Trinajstić information content (AvgIpc) is 2.45. The third kappa shape index (κ3) is 2.35. The quantitative estimate of drug-likeness (QED) is 0.909. The van der Waals surface area contributed by atoms with Crippen molar-refractivity contribution in [3.05, 3.63) is 28.0 Å². The number of anilines is 1. The first-order chi connectivity index (χ1) is 9.19. The molecule has 3 heterocycles. The molecule has 1 N–H and O–H groups in total. The van der Waals surface area contributed by atoms with E-state index in [0.29, 0.717) is 23.2 Å². The normalized spacial score (nSPS) is 29.0. The molecule has 3 nitrogen and oxygen atoms in total. The number of rotatable bonds is 2. The van der Waals surface area contributed by atoms with Crippen molar-refractivity contribution in [1.29, 1.82) is 5.26 Å². The maximum Gasteiger partial charge on any atom is 0.161 e. The number of nitrogens with one attached hydrogen (secondary N) is 1. The summed E-state index contributed by atoms with van der Waals surface area (Å²) in [5.74, 6) is 0.273. The Kier molecular flexibility index (Phi) is 3.46. The molecule has 0 amide bonds. The summed E-state index contributed by atoms with van der Waals surface area (Å²) < 4.78 is 14.4. The van der Waals surface area contributed by atoms with Gasteiger partial charge < -0.3 is 10.2 Å². The van der Waals surface area contributed by atoms with Gasteiger partial charge in [0.2, 0.25) is 0 Å².